The lowest BCUT2D eigenvalue weighted by atomic mass is 10.0. The molecule has 3 rings (SSSR count). The number of rotatable bonds is 4. The van der Waals surface area contributed by atoms with Crippen molar-refractivity contribution < 1.29 is 4.74 Å². The van der Waals surface area contributed by atoms with E-state index in [1.54, 1.807) is 0 Å². The van der Waals surface area contributed by atoms with Gasteiger partial charge in [0.05, 0.1) is 13.2 Å². The Hall–Kier alpha value is -0.770. The molecule has 1 atom stereocenters. The van der Waals surface area contributed by atoms with Gasteiger partial charge in [0.2, 0.25) is 0 Å². The lowest BCUT2D eigenvalue weighted by Gasteiger charge is -2.11. The van der Waals surface area contributed by atoms with Crippen molar-refractivity contribution in [3.63, 3.8) is 0 Å². The van der Waals surface area contributed by atoms with Gasteiger partial charge >= 0.3 is 0 Å². The first-order chi connectivity index (χ1) is 9.33. The normalized spacial score (nSPS) is 17.4. The van der Waals surface area contributed by atoms with Crippen LogP contribution in [0.15, 0.2) is 57.9 Å². The minimum Gasteiger partial charge on any atom is -0.376 e. The summed E-state index contributed by atoms with van der Waals surface area (Å²) < 4.78 is 6.99. The molecular weight excluding hydrogens is 320 g/mol. The molecule has 3 heteroatoms. The highest BCUT2D eigenvalue weighted by Gasteiger charge is 2.22. The maximum absolute atomic E-state index is 5.88. The Morgan fingerprint density at radius 3 is 2.95 bits per heavy atom. The van der Waals surface area contributed by atoms with Crippen LogP contribution in [-0.4, -0.2) is 12.4 Å². The predicted octanol–water partition coefficient (Wildman–Crippen LogP) is 4.86. The lowest BCUT2D eigenvalue weighted by Crippen LogP contribution is -2.07. The highest BCUT2D eigenvalue weighted by Crippen LogP contribution is 2.39. The van der Waals surface area contributed by atoms with E-state index in [0.29, 0.717) is 12.5 Å². The highest BCUT2D eigenvalue weighted by molar-refractivity contribution is 9.10. The summed E-state index contributed by atoms with van der Waals surface area (Å²) in [4.78, 5) is 1.42. The van der Waals surface area contributed by atoms with E-state index in [1.165, 1.54) is 16.0 Å². The third-order valence-corrected chi connectivity index (χ3v) is 5.02. The molecule has 0 bridgehead atoms. The van der Waals surface area contributed by atoms with E-state index in [2.05, 4.69) is 52.3 Å². The average Bonchev–Trinajstić information content (AvgIpc) is 2.83. The Morgan fingerprint density at radius 2 is 2.05 bits per heavy atom. The molecule has 0 aromatic heterocycles. The van der Waals surface area contributed by atoms with Crippen LogP contribution in [0.4, 0.5) is 0 Å². The maximum atomic E-state index is 5.88. The van der Waals surface area contributed by atoms with E-state index in [-0.39, 0.29) is 0 Å². The SMILES string of the molecule is Brc1cccc(COCC2CSc3ccccc32)c1. The number of ether oxygens (including phenoxy) is 1. The van der Waals surface area contributed by atoms with Gasteiger partial charge in [0.25, 0.3) is 0 Å². The number of fused-ring (bicyclic) bond motifs is 1. The second-order valence-electron chi connectivity index (χ2n) is 4.69. The summed E-state index contributed by atoms with van der Waals surface area (Å²) >= 11 is 5.42. The third kappa shape index (κ3) is 3.22. The van der Waals surface area contributed by atoms with E-state index >= 15 is 0 Å². The molecule has 0 saturated heterocycles. The lowest BCUT2D eigenvalue weighted by molar-refractivity contribution is 0.111. The van der Waals surface area contributed by atoms with E-state index < -0.39 is 0 Å². The Balaban J connectivity index is 1.57. The Labute approximate surface area is 126 Å². The second kappa shape index (κ2) is 6.12. The summed E-state index contributed by atoms with van der Waals surface area (Å²) in [6.07, 6.45) is 0. The standard InChI is InChI=1S/C16H15BrOS/c17-14-5-3-4-12(8-14)9-18-10-13-11-19-16-7-2-1-6-15(13)16/h1-8,13H,9-11H2. The average molecular weight is 335 g/mol. The van der Waals surface area contributed by atoms with Crippen LogP contribution in [0, 0.1) is 0 Å². The molecule has 1 aliphatic rings. The first kappa shape index (κ1) is 13.2. The zero-order chi connectivity index (χ0) is 13.1. The molecule has 1 unspecified atom stereocenters. The van der Waals surface area contributed by atoms with Crippen molar-refractivity contribution in [2.45, 2.75) is 17.4 Å². The van der Waals surface area contributed by atoms with Gasteiger partial charge in [-0.25, -0.2) is 0 Å². The molecule has 0 saturated carbocycles. The Morgan fingerprint density at radius 1 is 1.16 bits per heavy atom. The molecule has 0 radical (unpaired) electrons. The van der Waals surface area contributed by atoms with Crippen LogP contribution in [0.5, 0.6) is 0 Å². The molecule has 2 aromatic rings. The minimum absolute atomic E-state index is 0.536. The fourth-order valence-electron chi connectivity index (χ4n) is 2.31. The first-order valence-electron chi connectivity index (χ1n) is 6.37. The van der Waals surface area contributed by atoms with Crippen LogP contribution >= 0.6 is 27.7 Å². The monoisotopic (exact) mass is 334 g/mol. The molecule has 19 heavy (non-hydrogen) atoms. The molecule has 2 aromatic carbocycles. The number of benzene rings is 2. The van der Waals surface area contributed by atoms with Gasteiger partial charge in [-0.05, 0) is 29.3 Å². The predicted molar refractivity (Wildman–Crippen MR) is 83.7 cm³/mol. The number of halogens is 1. The number of hydrogen-bond acceptors (Lipinski definition) is 2. The van der Waals surface area contributed by atoms with E-state index in [0.717, 1.165) is 16.8 Å². The fourth-order valence-corrected chi connectivity index (χ4v) is 3.99. The summed E-state index contributed by atoms with van der Waals surface area (Å²) in [6.45, 7) is 1.49. The van der Waals surface area contributed by atoms with Crippen molar-refractivity contribution in [2.24, 2.45) is 0 Å². The van der Waals surface area contributed by atoms with E-state index in [1.807, 2.05) is 23.9 Å². The molecule has 0 aliphatic carbocycles. The minimum atomic E-state index is 0.536. The van der Waals surface area contributed by atoms with Crippen LogP contribution in [-0.2, 0) is 11.3 Å². The van der Waals surface area contributed by atoms with Crippen LogP contribution < -0.4 is 0 Å². The van der Waals surface area contributed by atoms with Crippen LogP contribution in [0.1, 0.15) is 17.0 Å². The van der Waals surface area contributed by atoms with Gasteiger partial charge in [0, 0.05) is 21.0 Å². The second-order valence-corrected chi connectivity index (χ2v) is 6.67. The van der Waals surface area contributed by atoms with Crippen LogP contribution in [0.25, 0.3) is 0 Å². The van der Waals surface area contributed by atoms with Gasteiger partial charge in [0.1, 0.15) is 0 Å². The van der Waals surface area contributed by atoms with Gasteiger partial charge in [-0.1, -0.05) is 46.3 Å². The van der Waals surface area contributed by atoms with Crippen molar-refractivity contribution in [1.82, 2.24) is 0 Å². The molecule has 1 nitrogen and oxygen atoms in total. The molecular formula is C16H15BrOS. The molecule has 0 amide bonds. The third-order valence-electron chi connectivity index (χ3n) is 3.28. The zero-order valence-corrected chi connectivity index (χ0v) is 12.9. The Bertz CT molecular complexity index is 570. The highest BCUT2D eigenvalue weighted by atomic mass is 79.9. The van der Waals surface area contributed by atoms with Gasteiger partial charge in [0.15, 0.2) is 0 Å². The van der Waals surface area contributed by atoms with Gasteiger partial charge in [-0.2, -0.15) is 0 Å². The summed E-state index contributed by atoms with van der Waals surface area (Å²) in [6, 6.07) is 16.9. The zero-order valence-electron chi connectivity index (χ0n) is 10.5. The van der Waals surface area contributed by atoms with Crippen molar-refractivity contribution in [3.05, 3.63) is 64.1 Å². The van der Waals surface area contributed by atoms with Crippen molar-refractivity contribution >= 4 is 27.7 Å². The number of thioether (sulfide) groups is 1. The molecule has 1 aliphatic heterocycles. The first-order valence-corrected chi connectivity index (χ1v) is 8.15. The van der Waals surface area contributed by atoms with Gasteiger partial charge < -0.3 is 4.74 Å². The van der Waals surface area contributed by atoms with Crippen LogP contribution in [0.3, 0.4) is 0 Å². The molecule has 0 spiro atoms. The quantitative estimate of drug-likeness (QED) is 0.789. The van der Waals surface area contributed by atoms with Crippen molar-refractivity contribution in [2.75, 3.05) is 12.4 Å². The molecule has 0 fully saturated rings. The van der Waals surface area contributed by atoms with E-state index in [9.17, 15) is 0 Å². The smallest absolute Gasteiger partial charge is 0.0717 e. The summed E-state index contributed by atoms with van der Waals surface area (Å²) in [7, 11) is 0. The number of hydrogen-bond donors (Lipinski definition) is 0. The van der Waals surface area contributed by atoms with Gasteiger partial charge in [-0.3, -0.25) is 0 Å². The topological polar surface area (TPSA) is 9.23 Å². The van der Waals surface area contributed by atoms with E-state index in [4.69, 9.17) is 4.74 Å². The van der Waals surface area contributed by atoms with Crippen molar-refractivity contribution in [3.8, 4) is 0 Å². The molecule has 0 N–H and O–H groups in total. The largest absolute Gasteiger partial charge is 0.376 e. The van der Waals surface area contributed by atoms with Crippen molar-refractivity contribution in [1.29, 1.82) is 0 Å². The van der Waals surface area contributed by atoms with Gasteiger partial charge in [-0.15, -0.1) is 11.8 Å². The Kier molecular flexibility index (Phi) is 4.26. The summed E-state index contributed by atoms with van der Waals surface area (Å²) in [5.41, 5.74) is 2.66. The van der Waals surface area contributed by atoms with Crippen LogP contribution in [0.2, 0.25) is 0 Å². The fraction of sp³-hybridized carbons (Fsp3) is 0.250. The summed E-state index contributed by atoms with van der Waals surface area (Å²) in [5.74, 6) is 1.67. The molecule has 1 heterocycles. The molecule has 98 valence electrons. The maximum Gasteiger partial charge on any atom is 0.0717 e. The summed E-state index contributed by atoms with van der Waals surface area (Å²) in [5, 5.41) is 0.